The van der Waals surface area contributed by atoms with Crippen molar-refractivity contribution < 1.29 is 13.5 Å². The van der Waals surface area contributed by atoms with Crippen LogP contribution in [0.25, 0.3) is 0 Å². The predicted octanol–water partition coefficient (Wildman–Crippen LogP) is 1.88. The number of hydrogen-bond donors (Lipinski definition) is 1. The van der Waals surface area contributed by atoms with Gasteiger partial charge in [0.1, 0.15) is 17.5 Å². The minimum Gasteiger partial charge on any atom is -0.378 e. The lowest BCUT2D eigenvalue weighted by molar-refractivity contribution is 0.122. The van der Waals surface area contributed by atoms with Gasteiger partial charge in [0.15, 0.2) is 0 Å². The number of morpholine rings is 1. The van der Waals surface area contributed by atoms with Crippen molar-refractivity contribution in [1.82, 2.24) is 29.5 Å². The van der Waals surface area contributed by atoms with Crippen molar-refractivity contribution in [2.24, 2.45) is 7.05 Å². The summed E-state index contributed by atoms with van der Waals surface area (Å²) in [6.07, 6.45) is 5.01. The van der Waals surface area contributed by atoms with E-state index in [2.05, 4.69) is 30.2 Å². The Kier molecular flexibility index (Phi) is 5.79. The molecule has 1 saturated heterocycles. The lowest BCUT2D eigenvalue weighted by Crippen LogP contribution is -2.37. The highest BCUT2D eigenvalue weighted by Crippen LogP contribution is 2.21. The largest absolute Gasteiger partial charge is 0.378 e. The minimum absolute atomic E-state index is 0.0796. The Morgan fingerprint density at radius 1 is 1.17 bits per heavy atom. The van der Waals surface area contributed by atoms with Gasteiger partial charge in [0, 0.05) is 32.4 Å². The van der Waals surface area contributed by atoms with E-state index in [1.165, 1.54) is 0 Å². The van der Waals surface area contributed by atoms with Crippen LogP contribution in [0.3, 0.4) is 0 Å². The molecule has 1 atom stereocenters. The minimum atomic E-state index is -0.730. The molecule has 158 valence electrons. The summed E-state index contributed by atoms with van der Waals surface area (Å²) < 4.78 is 34.5. The Morgan fingerprint density at radius 3 is 2.67 bits per heavy atom. The predicted molar refractivity (Wildman–Crippen MR) is 105 cm³/mol. The summed E-state index contributed by atoms with van der Waals surface area (Å²) in [5, 5.41) is 3.06. The first-order valence-electron chi connectivity index (χ1n) is 9.60. The molecule has 30 heavy (non-hydrogen) atoms. The highest BCUT2D eigenvalue weighted by atomic mass is 19.1. The van der Waals surface area contributed by atoms with E-state index in [1.54, 1.807) is 13.3 Å². The second-order valence-corrected chi connectivity index (χ2v) is 7.07. The Labute approximate surface area is 172 Å². The van der Waals surface area contributed by atoms with E-state index in [1.807, 2.05) is 22.7 Å². The van der Waals surface area contributed by atoms with Crippen LogP contribution in [0.2, 0.25) is 0 Å². The maximum Gasteiger partial charge on any atom is 0.230 e. The Morgan fingerprint density at radius 2 is 1.97 bits per heavy atom. The number of anilines is 2. The molecule has 0 spiro atoms. The molecule has 0 radical (unpaired) electrons. The van der Waals surface area contributed by atoms with Crippen LogP contribution in [0.4, 0.5) is 20.7 Å². The number of imidazole rings is 1. The highest BCUT2D eigenvalue weighted by molar-refractivity contribution is 5.39. The monoisotopic (exact) mass is 416 g/mol. The molecule has 0 amide bonds. The number of pyridine rings is 1. The summed E-state index contributed by atoms with van der Waals surface area (Å²) in [6.45, 7) is 4.21. The maximum atomic E-state index is 14.1. The van der Waals surface area contributed by atoms with Crippen molar-refractivity contribution in [2.45, 2.75) is 19.4 Å². The molecular weight excluding hydrogens is 394 g/mol. The average molecular weight is 416 g/mol. The van der Waals surface area contributed by atoms with Gasteiger partial charge in [-0.2, -0.15) is 15.0 Å². The second-order valence-electron chi connectivity index (χ2n) is 7.07. The molecule has 1 N–H and O–H groups in total. The zero-order valence-electron chi connectivity index (χ0n) is 16.7. The Balaban J connectivity index is 1.62. The van der Waals surface area contributed by atoms with Gasteiger partial charge in [0.2, 0.25) is 11.9 Å². The normalized spacial score (nSPS) is 15.3. The third-order valence-corrected chi connectivity index (χ3v) is 4.65. The van der Waals surface area contributed by atoms with Gasteiger partial charge in [-0.25, -0.2) is 13.8 Å². The van der Waals surface area contributed by atoms with Crippen LogP contribution in [0.1, 0.15) is 30.2 Å². The summed E-state index contributed by atoms with van der Waals surface area (Å²) in [4.78, 5) is 23.8. The molecule has 1 aliphatic rings. The van der Waals surface area contributed by atoms with Gasteiger partial charge >= 0.3 is 0 Å². The van der Waals surface area contributed by atoms with Crippen LogP contribution >= 0.6 is 0 Å². The summed E-state index contributed by atoms with van der Waals surface area (Å²) in [6, 6.07) is 0.229. The fraction of sp³-hybridized carbons (Fsp3) is 0.421. The number of aryl methyl sites for hydroxylation is 1. The van der Waals surface area contributed by atoms with Crippen molar-refractivity contribution in [3.8, 4) is 0 Å². The lowest BCUT2D eigenvalue weighted by Gasteiger charge is -2.27. The number of nitrogens with zero attached hydrogens (tertiary/aromatic N) is 7. The second kappa shape index (κ2) is 8.66. The van der Waals surface area contributed by atoms with Gasteiger partial charge in [-0.15, -0.1) is 0 Å². The van der Waals surface area contributed by atoms with E-state index >= 15 is 0 Å². The summed E-state index contributed by atoms with van der Waals surface area (Å²) in [5.74, 6) is -0.119. The molecule has 0 unspecified atom stereocenters. The SMILES string of the molecule is C[C@@H](Nc1nc(Cc2cn(C)cn2)nc(N2CCOCC2)n1)c1ncc(F)cc1F. The summed E-state index contributed by atoms with van der Waals surface area (Å²) >= 11 is 0. The van der Waals surface area contributed by atoms with Crippen LogP contribution in [0.15, 0.2) is 24.8 Å². The quantitative estimate of drug-likeness (QED) is 0.651. The van der Waals surface area contributed by atoms with E-state index in [9.17, 15) is 8.78 Å². The molecule has 3 aromatic rings. The van der Waals surface area contributed by atoms with Crippen LogP contribution in [0, 0.1) is 11.6 Å². The van der Waals surface area contributed by atoms with E-state index in [4.69, 9.17) is 4.74 Å². The van der Waals surface area contributed by atoms with Gasteiger partial charge in [-0.3, -0.25) is 4.98 Å². The molecule has 0 bridgehead atoms. The van der Waals surface area contributed by atoms with Crippen molar-refractivity contribution in [3.63, 3.8) is 0 Å². The van der Waals surface area contributed by atoms with Gasteiger partial charge in [0.25, 0.3) is 0 Å². The summed E-state index contributed by atoms with van der Waals surface area (Å²) in [7, 11) is 1.89. The number of halogens is 2. The number of nitrogens with one attached hydrogen (secondary N) is 1. The summed E-state index contributed by atoms with van der Waals surface area (Å²) in [5.41, 5.74) is 0.901. The fourth-order valence-electron chi connectivity index (χ4n) is 3.18. The first-order valence-corrected chi connectivity index (χ1v) is 9.60. The van der Waals surface area contributed by atoms with E-state index < -0.39 is 17.7 Å². The number of ether oxygens (including phenoxy) is 1. The maximum absolute atomic E-state index is 14.1. The molecule has 9 nitrogen and oxygen atoms in total. The molecule has 1 fully saturated rings. The van der Waals surface area contributed by atoms with E-state index in [0.717, 1.165) is 18.0 Å². The molecular formula is C19H22F2N8O. The van der Waals surface area contributed by atoms with Gasteiger partial charge in [-0.05, 0) is 6.92 Å². The third-order valence-electron chi connectivity index (χ3n) is 4.65. The number of aromatic nitrogens is 6. The smallest absolute Gasteiger partial charge is 0.230 e. The van der Waals surface area contributed by atoms with Gasteiger partial charge < -0.3 is 19.5 Å². The standard InChI is InChI=1S/C19H22F2N8O/c1-12(17-15(21)7-13(20)9-22-17)24-18-25-16(8-14-10-28(2)11-23-14)26-19(27-18)29-3-5-30-6-4-29/h7,9-12H,3-6,8H2,1-2H3,(H,24,25,26,27)/t12-/m1/s1. The molecule has 4 heterocycles. The van der Waals surface area contributed by atoms with E-state index in [0.29, 0.717) is 44.5 Å². The van der Waals surface area contributed by atoms with Gasteiger partial charge in [0.05, 0.1) is 49.6 Å². The molecule has 11 heteroatoms. The van der Waals surface area contributed by atoms with Crippen LogP contribution < -0.4 is 10.2 Å². The number of hydrogen-bond acceptors (Lipinski definition) is 8. The fourth-order valence-corrected chi connectivity index (χ4v) is 3.18. The van der Waals surface area contributed by atoms with Crippen molar-refractivity contribution >= 4 is 11.9 Å². The van der Waals surface area contributed by atoms with Crippen LogP contribution in [-0.4, -0.2) is 55.8 Å². The lowest BCUT2D eigenvalue weighted by atomic mass is 10.2. The van der Waals surface area contributed by atoms with Crippen molar-refractivity contribution in [1.29, 1.82) is 0 Å². The number of rotatable bonds is 6. The highest BCUT2D eigenvalue weighted by Gasteiger charge is 2.20. The first-order chi connectivity index (χ1) is 14.5. The van der Waals surface area contributed by atoms with Crippen LogP contribution in [0.5, 0.6) is 0 Å². The van der Waals surface area contributed by atoms with Crippen molar-refractivity contribution in [3.05, 3.63) is 53.6 Å². The molecule has 4 rings (SSSR count). The van der Waals surface area contributed by atoms with Crippen LogP contribution in [-0.2, 0) is 18.2 Å². The topological polar surface area (TPSA) is 93.9 Å². The van der Waals surface area contributed by atoms with Gasteiger partial charge in [-0.1, -0.05) is 0 Å². The Bertz CT molecular complexity index is 1020. The zero-order chi connectivity index (χ0) is 21.1. The zero-order valence-corrected chi connectivity index (χ0v) is 16.7. The molecule has 0 aromatic carbocycles. The average Bonchev–Trinajstić information content (AvgIpc) is 3.13. The molecule has 3 aromatic heterocycles. The molecule has 0 aliphatic carbocycles. The van der Waals surface area contributed by atoms with E-state index in [-0.39, 0.29) is 11.6 Å². The molecule has 0 saturated carbocycles. The molecule has 1 aliphatic heterocycles. The first kappa shape index (κ1) is 20.1. The third kappa shape index (κ3) is 4.67. The van der Waals surface area contributed by atoms with Crippen molar-refractivity contribution in [2.75, 3.05) is 36.5 Å². The Hall–Kier alpha value is -3.21.